The van der Waals surface area contributed by atoms with E-state index < -0.39 is 28.5 Å². The molecular weight excluding hydrogens is 533 g/mol. The molecule has 7 nitrogen and oxygen atoms in total. The lowest BCUT2D eigenvalue weighted by atomic mass is 10.1. The third-order valence-corrected chi connectivity index (χ3v) is 7.73. The summed E-state index contributed by atoms with van der Waals surface area (Å²) in [4.78, 5) is 27.8. The van der Waals surface area contributed by atoms with E-state index >= 15 is 0 Å². The Bertz CT molecular complexity index is 1170. The molecule has 0 aliphatic heterocycles. The molecule has 1 N–H and O–H groups in total. The molecule has 2 amide bonds. The normalized spacial score (nSPS) is 13.1. The van der Waals surface area contributed by atoms with Crippen LogP contribution in [0, 0.1) is 6.92 Å². The number of carbonyl (C=O) groups excluding carboxylic acids is 2. The van der Waals surface area contributed by atoms with E-state index in [0.717, 1.165) is 10.6 Å². The van der Waals surface area contributed by atoms with Gasteiger partial charge in [-0.25, -0.2) is 8.42 Å². The van der Waals surface area contributed by atoms with Gasteiger partial charge in [0.2, 0.25) is 21.8 Å². The maximum atomic E-state index is 13.6. The third kappa shape index (κ3) is 7.74. The molecule has 2 aromatic rings. The van der Waals surface area contributed by atoms with E-state index in [9.17, 15) is 18.0 Å². The zero-order chi connectivity index (χ0) is 26.5. The first-order chi connectivity index (χ1) is 16.3. The minimum atomic E-state index is -3.85. The number of hydrogen-bond acceptors (Lipinski definition) is 4. The predicted molar refractivity (Wildman–Crippen MR) is 143 cm³/mol. The van der Waals surface area contributed by atoms with Crippen LogP contribution in [0.5, 0.6) is 0 Å². The molecule has 2 atom stereocenters. The number of halogens is 3. The van der Waals surface area contributed by atoms with Crippen molar-refractivity contribution in [3.05, 3.63) is 62.6 Å². The van der Waals surface area contributed by atoms with Gasteiger partial charge in [0.25, 0.3) is 0 Å². The maximum absolute atomic E-state index is 13.6. The van der Waals surface area contributed by atoms with Gasteiger partial charge < -0.3 is 10.2 Å². The fourth-order valence-electron chi connectivity index (χ4n) is 3.40. The summed E-state index contributed by atoms with van der Waals surface area (Å²) in [7, 11) is -3.85. The van der Waals surface area contributed by atoms with Crippen molar-refractivity contribution in [2.24, 2.45) is 0 Å². The highest BCUT2D eigenvalue weighted by Crippen LogP contribution is 2.28. The lowest BCUT2D eigenvalue weighted by Crippen LogP contribution is -2.52. The van der Waals surface area contributed by atoms with E-state index in [4.69, 9.17) is 34.8 Å². The Hall–Kier alpha value is -2.00. The Kier molecular flexibility index (Phi) is 10.3. The lowest BCUT2D eigenvalue weighted by molar-refractivity contribution is -0.139. The number of nitrogens with zero attached hydrogens (tertiary/aromatic N) is 2. The lowest BCUT2D eigenvalue weighted by Gasteiger charge is -2.32. The van der Waals surface area contributed by atoms with Crippen molar-refractivity contribution in [2.45, 2.75) is 52.7 Å². The van der Waals surface area contributed by atoms with Crippen LogP contribution in [0.25, 0.3) is 0 Å². The van der Waals surface area contributed by atoms with E-state index in [1.807, 2.05) is 13.8 Å². The van der Waals surface area contributed by atoms with E-state index in [1.54, 1.807) is 50.2 Å². The Morgan fingerprint density at radius 2 is 1.66 bits per heavy atom. The Labute approximate surface area is 222 Å². The fraction of sp³-hybridized carbons (Fsp3) is 0.417. The van der Waals surface area contributed by atoms with Crippen molar-refractivity contribution in [1.82, 2.24) is 10.2 Å². The molecule has 0 saturated heterocycles. The molecule has 0 heterocycles. The SMILES string of the molecule is CC[C@@H](C)NC(=O)[C@@H](C)N(Cc1c(Cl)cccc1Cl)C(=O)CN(c1ccc(Cl)cc1C)S(C)(=O)=O. The van der Waals surface area contributed by atoms with Crippen LogP contribution in [-0.4, -0.2) is 50.0 Å². The van der Waals surface area contributed by atoms with Gasteiger partial charge in [0.15, 0.2) is 0 Å². The largest absolute Gasteiger partial charge is 0.352 e. The number of amides is 2. The van der Waals surface area contributed by atoms with Gasteiger partial charge in [-0.15, -0.1) is 0 Å². The third-order valence-electron chi connectivity index (χ3n) is 5.67. The van der Waals surface area contributed by atoms with Crippen molar-refractivity contribution < 1.29 is 18.0 Å². The van der Waals surface area contributed by atoms with Crippen LogP contribution < -0.4 is 9.62 Å². The van der Waals surface area contributed by atoms with Crippen LogP contribution in [0.4, 0.5) is 5.69 Å². The first kappa shape index (κ1) is 29.2. The number of sulfonamides is 1. The van der Waals surface area contributed by atoms with Crippen LogP contribution in [0.15, 0.2) is 36.4 Å². The summed E-state index contributed by atoms with van der Waals surface area (Å²) in [5, 5.41) is 3.97. The van der Waals surface area contributed by atoms with Gasteiger partial charge in [0.1, 0.15) is 12.6 Å². The topological polar surface area (TPSA) is 86.8 Å². The summed E-state index contributed by atoms with van der Waals surface area (Å²) >= 11 is 18.7. The molecule has 0 aliphatic carbocycles. The minimum Gasteiger partial charge on any atom is -0.352 e. The molecule has 0 fully saturated rings. The van der Waals surface area contributed by atoms with Gasteiger partial charge in [-0.3, -0.25) is 13.9 Å². The number of nitrogens with one attached hydrogen (secondary N) is 1. The number of anilines is 1. The smallest absolute Gasteiger partial charge is 0.244 e. The predicted octanol–water partition coefficient (Wildman–Crippen LogP) is 5.05. The van der Waals surface area contributed by atoms with Crippen LogP contribution in [0.2, 0.25) is 15.1 Å². The second-order valence-electron chi connectivity index (χ2n) is 8.42. The molecule has 0 saturated carbocycles. The monoisotopic (exact) mass is 561 g/mol. The van der Waals surface area contributed by atoms with Gasteiger partial charge in [0, 0.05) is 33.2 Å². The average Bonchev–Trinajstić information content (AvgIpc) is 2.76. The summed E-state index contributed by atoms with van der Waals surface area (Å²) in [6, 6.07) is 8.63. The van der Waals surface area contributed by atoms with Gasteiger partial charge in [-0.2, -0.15) is 0 Å². The maximum Gasteiger partial charge on any atom is 0.244 e. The summed E-state index contributed by atoms with van der Waals surface area (Å²) in [6.07, 6.45) is 1.73. The van der Waals surface area contributed by atoms with Gasteiger partial charge in [-0.1, -0.05) is 47.8 Å². The molecule has 35 heavy (non-hydrogen) atoms. The molecular formula is C24H30Cl3N3O4S. The van der Waals surface area contributed by atoms with Gasteiger partial charge >= 0.3 is 0 Å². The fourth-order valence-corrected chi connectivity index (χ4v) is 5.05. The number of rotatable bonds is 10. The zero-order valence-electron chi connectivity index (χ0n) is 20.3. The van der Waals surface area contributed by atoms with E-state index in [-0.39, 0.29) is 18.5 Å². The second-order valence-corrected chi connectivity index (χ2v) is 11.6. The van der Waals surface area contributed by atoms with Gasteiger partial charge in [-0.05, 0) is 63.1 Å². The minimum absolute atomic E-state index is 0.0797. The van der Waals surface area contributed by atoms with Gasteiger partial charge in [0.05, 0.1) is 11.9 Å². The summed E-state index contributed by atoms with van der Waals surface area (Å²) in [5.74, 6) is -0.961. The average molecular weight is 563 g/mol. The van der Waals surface area contributed by atoms with Crippen molar-refractivity contribution in [3.63, 3.8) is 0 Å². The highest BCUT2D eigenvalue weighted by Gasteiger charge is 2.31. The summed E-state index contributed by atoms with van der Waals surface area (Å²) in [6.45, 7) is 6.47. The second kappa shape index (κ2) is 12.3. The van der Waals surface area contributed by atoms with Crippen LogP contribution in [0.3, 0.4) is 0 Å². The van der Waals surface area contributed by atoms with E-state index in [0.29, 0.717) is 38.3 Å². The number of benzene rings is 2. The first-order valence-corrected chi connectivity index (χ1v) is 14.0. The molecule has 11 heteroatoms. The van der Waals surface area contributed by atoms with Crippen molar-refractivity contribution >= 4 is 62.3 Å². The molecule has 0 unspecified atom stereocenters. The zero-order valence-corrected chi connectivity index (χ0v) is 23.4. The highest BCUT2D eigenvalue weighted by molar-refractivity contribution is 7.92. The molecule has 0 aliphatic rings. The Morgan fingerprint density at radius 1 is 1.06 bits per heavy atom. The molecule has 0 radical (unpaired) electrons. The molecule has 2 rings (SSSR count). The van der Waals surface area contributed by atoms with E-state index in [2.05, 4.69) is 5.32 Å². The summed E-state index contributed by atoms with van der Waals surface area (Å²) < 4.78 is 26.4. The number of aryl methyl sites for hydroxylation is 1. The van der Waals surface area contributed by atoms with Crippen LogP contribution in [0.1, 0.15) is 38.3 Å². The van der Waals surface area contributed by atoms with Crippen LogP contribution in [-0.2, 0) is 26.2 Å². The number of hydrogen-bond donors (Lipinski definition) is 1. The van der Waals surface area contributed by atoms with Crippen LogP contribution >= 0.6 is 34.8 Å². The van der Waals surface area contributed by atoms with Crippen molar-refractivity contribution in [1.29, 1.82) is 0 Å². The number of carbonyl (C=O) groups is 2. The highest BCUT2D eigenvalue weighted by atomic mass is 35.5. The Balaban J connectivity index is 2.48. The molecule has 0 spiro atoms. The first-order valence-electron chi connectivity index (χ1n) is 11.0. The molecule has 192 valence electrons. The molecule has 0 bridgehead atoms. The van der Waals surface area contributed by atoms with E-state index in [1.165, 1.54) is 4.90 Å². The summed E-state index contributed by atoms with van der Waals surface area (Å²) in [5.41, 5.74) is 1.36. The standard InChI is InChI=1S/C24H30Cl3N3O4S/c1-6-16(3)28-24(32)17(4)29(13-19-20(26)8-7-9-21(19)27)23(31)14-30(35(5,33)34)22-11-10-18(25)12-15(22)2/h7-12,16-17H,6,13-14H2,1-5H3,(H,28,32)/t16-,17-/m1/s1. The molecule has 2 aromatic carbocycles. The van der Waals surface area contributed by atoms with Crippen molar-refractivity contribution in [3.8, 4) is 0 Å². The van der Waals surface area contributed by atoms with Crippen molar-refractivity contribution in [2.75, 3.05) is 17.1 Å². The Morgan fingerprint density at radius 3 is 2.17 bits per heavy atom. The quantitative estimate of drug-likeness (QED) is 0.439. The molecule has 0 aromatic heterocycles.